The Hall–Kier alpha value is -2.18. The third-order valence-corrected chi connectivity index (χ3v) is 3.44. The number of hydrogen-bond acceptors (Lipinski definition) is 6. The van der Waals surface area contributed by atoms with E-state index in [0.29, 0.717) is 18.8 Å². The minimum Gasteiger partial charge on any atom is -0.448 e. The molecule has 0 fully saturated rings. The quantitative estimate of drug-likeness (QED) is 0.670. The lowest BCUT2D eigenvalue weighted by Gasteiger charge is -2.25. The zero-order valence-corrected chi connectivity index (χ0v) is 13.0. The van der Waals surface area contributed by atoms with Crippen LogP contribution in [0.4, 0.5) is 17.3 Å². The molecule has 0 aliphatic carbocycles. The van der Waals surface area contributed by atoms with Crippen LogP contribution in [0, 0.1) is 0 Å². The Morgan fingerprint density at radius 1 is 1.09 bits per heavy atom. The molecule has 0 radical (unpaired) electrons. The Labute approximate surface area is 130 Å². The Kier molecular flexibility index (Phi) is 5.30. The first kappa shape index (κ1) is 16.2. The first-order chi connectivity index (χ1) is 10.6. The summed E-state index contributed by atoms with van der Waals surface area (Å²) in [4.78, 5) is 3.81. The standard InChI is InChI=1S/C16H23N3O3/c1-18(2)16-9-12(11-22-16)14-10-13(17)3-4-15(14)19(5-7-20)6-8-21/h3-4,9-11,20-21H,5-8,17H2,1-2H3. The number of hydrogen-bond donors (Lipinski definition) is 3. The predicted octanol–water partition coefficient (Wildman–Crippen LogP) is 1.39. The SMILES string of the molecule is CN(C)c1cc(-c2cc(N)ccc2N(CCO)CCO)co1. The third kappa shape index (κ3) is 3.52. The molecule has 1 aromatic carbocycles. The van der Waals surface area contributed by atoms with Gasteiger partial charge in [-0.2, -0.15) is 0 Å². The highest BCUT2D eigenvalue weighted by molar-refractivity contribution is 5.82. The maximum atomic E-state index is 9.24. The number of nitrogen functional groups attached to an aromatic ring is 1. The molecule has 1 heterocycles. The van der Waals surface area contributed by atoms with Crippen LogP contribution in [0.3, 0.4) is 0 Å². The minimum atomic E-state index is 0.0121. The lowest BCUT2D eigenvalue weighted by atomic mass is 10.0. The predicted molar refractivity (Wildman–Crippen MR) is 89.3 cm³/mol. The average Bonchev–Trinajstić information content (AvgIpc) is 2.97. The van der Waals surface area contributed by atoms with Crippen LogP contribution in [0.1, 0.15) is 0 Å². The van der Waals surface area contributed by atoms with Crippen LogP contribution in [-0.4, -0.2) is 50.6 Å². The van der Waals surface area contributed by atoms with Crippen molar-refractivity contribution in [3.63, 3.8) is 0 Å². The zero-order valence-electron chi connectivity index (χ0n) is 13.0. The van der Waals surface area contributed by atoms with E-state index in [9.17, 15) is 10.2 Å². The van der Waals surface area contributed by atoms with Gasteiger partial charge < -0.3 is 30.2 Å². The fraction of sp³-hybridized carbons (Fsp3) is 0.375. The van der Waals surface area contributed by atoms with Gasteiger partial charge in [0.1, 0.15) is 6.26 Å². The van der Waals surface area contributed by atoms with Gasteiger partial charge in [-0.25, -0.2) is 0 Å². The van der Waals surface area contributed by atoms with Gasteiger partial charge in [-0.15, -0.1) is 0 Å². The number of benzene rings is 1. The normalized spacial score (nSPS) is 10.7. The van der Waals surface area contributed by atoms with E-state index in [2.05, 4.69) is 0 Å². The van der Waals surface area contributed by atoms with Crippen molar-refractivity contribution in [2.24, 2.45) is 0 Å². The Morgan fingerprint density at radius 2 is 1.77 bits per heavy atom. The van der Waals surface area contributed by atoms with E-state index in [1.54, 1.807) is 6.26 Å². The van der Waals surface area contributed by atoms with Crippen molar-refractivity contribution >= 4 is 17.3 Å². The molecule has 4 N–H and O–H groups in total. The second kappa shape index (κ2) is 7.20. The fourth-order valence-electron chi connectivity index (χ4n) is 2.36. The van der Waals surface area contributed by atoms with Gasteiger partial charge in [0.2, 0.25) is 0 Å². The van der Waals surface area contributed by atoms with Crippen LogP contribution in [0.5, 0.6) is 0 Å². The highest BCUT2D eigenvalue weighted by atomic mass is 16.3. The van der Waals surface area contributed by atoms with Crippen molar-refractivity contribution in [1.82, 2.24) is 0 Å². The molecule has 0 unspecified atom stereocenters. The number of anilines is 3. The molecule has 6 nitrogen and oxygen atoms in total. The molecule has 0 bridgehead atoms. The second-order valence-electron chi connectivity index (χ2n) is 5.28. The molecule has 22 heavy (non-hydrogen) atoms. The Morgan fingerprint density at radius 3 is 2.32 bits per heavy atom. The van der Waals surface area contributed by atoms with Gasteiger partial charge in [0.25, 0.3) is 0 Å². The first-order valence-corrected chi connectivity index (χ1v) is 7.19. The van der Waals surface area contributed by atoms with Crippen LogP contribution in [0.15, 0.2) is 34.9 Å². The largest absolute Gasteiger partial charge is 0.448 e. The number of nitrogens with zero attached hydrogens (tertiary/aromatic N) is 2. The molecular formula is C16H23N3O3. The van der Waals surface area contributed by atoms with Crippen molar-refractivity contribution in [1.29, 1.82) is 0 Å². The van der Waals surface area contributed by atoms with Gasteiger partial charge >= 0.3 is 0 Å². The summed E-state index contributed by atoms with van der Waals surface area (Å²) in [5, 5.41) is 18.5. The second-order valence-corrected chi connectivity index (χ2v) is 5.28. The molecular weight excluding hydrogens is 282 g/mol. The summed E-state index contributed by atoms with van der Waals surface area (Å²) >= 11 is 0. The summed E-state index contributed by atoms with van der Waals surface area (Å²) in [6, 6.07) is 7.53. The summed E-state index contributed by atoms with van der Waals surface area (Å²) in [7, 11) is 3.82. The number of furan rings is 1. The monoisotopic (exact) mass is 305 g/mol. The Balaban J connectivity index is 2.46. The van der Waals surface area contributed by atoms with E-state index >= 15 is 0 Å². The molecule has 0 saturated heterocycles. The lowest BCUT2D eigenvalue weighted by Crippen LogP contribution is -2.30. The molecule has 0 atom stereocenters. The number of rotatable bonds is 7. The van der Waals surface area contributed by atoms with Crippen molar-refractivity contribution < 1.29 is 14.6 Å². The molecule has 0 spiro atoms. The van der Waals surface area contributed by atoms with Crippen molar-refractivity contribution in [2.45, 2.75) is 0 Å². The van der Waals surface area contributed by atoms with Crippen LogP contribution in [0.2, 0.25) is 0 Å². The maximum Gasteiger partial charge on any atom is 0.195 e. The zero-order chi connectivity index (χ0) is 16.1. The summed E-state index contributed by atoms with van der Waals surface area (Å²) in [6.45, 7) is 0.905. The van der Waals surface area contributed by atoms with Gasteiger partial charge in [-0.05, 0) is 18.2 Å². The molecule has 2 aromatic rings. The summed E-state index contributed by atoms with van der Waals surface area (Å²) in [5.74, 6) is 0.749. The van der Waals surface area contributed by atoms with Gasteiger partial charge in [-0.1, -0.05) is 0 Å². The van der Waals surface area contributed by atoms with Gasteiger partial charge in [0.05, 0.1) is 13.2 Å². The molecule has 0 saturated carbocycles. The molecule has 0 aliphatic heterocycles. The summed E-state index contributed by atoms with van der Waals surface area (Å²) < 4.78 is 5.54. The van der Waals surface area contributed by atoms with E-state index in [0.717, 1.165) is 22.7 Å². The number of nitrogens with two attached hydrogens (primary N) is 1. The summed E-state index contributed by atoms with van der Waals surface area (Å²) in [6.07, 6.45) is 1.68. The van der Waals surface area contributed by atoms with Crippen LogP contribution >= 0.6 is 0 Å². The van der Waals surface area contributed by atoms with Crippen molar-refractivity contribution in [3.05, 3.63) is 30.5 Å². The maximum absolute atomic E-state index is 9.24. The molecule has 0 aliphatic rings. The molecule has 0 amide bonds. The highest BCUT2D eigenvalue weighted by Crippen LogP contribution is 2.35. The van der Waals surface area contributed by atoms with E-state index < -0.39 is 0 Å². The molecule has 120 valence electrons. The van der Waals surface area contributed by atoms with Crippen LogP contribution < -0.4 is 15.5 Å². The van der Waals surface area contributed by atoms with Gasteiger partial charge in [-0.3, -0.25) is 0 Å². The van der Waals surface area contributed by atoms with Crippen LogP contribution in [0.25, 0.3) is 11.1 Å². The van der Waals surface area contributed by atoms with Gasteiger partial charge in [0, 0.05) is 55.8 Å². The van der Waals surface area contributed by atoms with Gasteiger partial charge in [0.15, 0.2) is 5.88 Å². The number of aliphatic hydroxyl groups is 2. The fourth-order valence-corrected chi connectivity index (χ4v) is 2.36. The topological polar surface area (TPSA) is 86.1 Å². The first-order valence-electron chi connectivity index (χ1n) is 7.19. The minimum absolute atomic E-state index is 0.0121. The van der Waals surface area contributed by atoms with E-state index in [4.69, 9.17) is 10.2 Å². The van der Waals surface area contributed by atoms with Crippen molar-refractivity contribution in [3.8, 4) is 11.1 Å². The third-order valence-electron chi connectivity index (χ3n) is 3.44. The number of aliphatic hydroxyl groups excluding tert-OH is 2. The highest BCUT2D eigenvalue weighted by Gasteiger charge is 2.15. The van der Waals surface area contributed by atoms with E-state index in [1.165, 1.54) is 0 Å². The average molecular weight is 305 g/mol. The Bertz CT molecular complexity index is 604. The van der Waals surface area contributed by atoms with E-state index in [1.807, 2.05) is 48.2 Å². The lowest BCUT2D eigenvalue weighted by molar-refractivity contribution is 0.281. The molecule has 6 heteroatoms. The smallest absolute Gasteiger partial charge is 0.195 e. The van der Waals surface area contributed by atoms with Crippen molar-refractivity contribution in [2.75, 3.05) is 55.9 Å². The van der Waals surface area contributed by atoms with Crippen LogP contribution in [-0.2, 0) is 0 Å². The summed E-state index contributed by atoms with van der Waals surface area (Å²) in [5.41, 5.74) is 9.30. The molecule has 2 rings (SSSR count). The van der Waals surface area contributed by atoms with E-state index in [-0.39, 0.29) is 13.2 Å². The molecule has 1 aromatic heterocycles.